The summed E-state index contributed by atoms with van der Waals surface area (Å²) in [5.74, 6) is -10.0. The molecule has 0 aliphatic carbocycles. The van der Waals surface area contributed by atoms with Gasteiger partial charge in [-0.3, -0.25) is 63.1 Å². The number of carbonyl (C=O) groups excluding carboxylic acids is 10. The summed E-state index contributed by atoms with van der Waals surface area (Å²) in [4.78, 5) is 171. The molecule has 0 unspecified atom stereocenters. The molecule has 1 aliphatic heterocycles. The van der Waals surface area contributed by atoms with E-state index in [9.17, 15) is 58.5 Å². The summed E-state index contributed by atoms with van der Waals surface area (Å²) in [6.45, 7) is -0.137. The van der Waals surface area contributed by atoms with Crippen molar-refractivity contribution in [2.75, 3.05) is 32.8 Å². The van der Waals surface area contributed by atoms with E-state index < -0.39 is 133 Å². The zero-order valence-corrected chi connectivity index (χ0v) is 56.7. The second-order valence-corrected chi connectivity index (χ2v) is 25.1. The number of phenols is 1. The smallest absolute Gasteiger partial charge is 0.322 e. The molecule has 0 spiro atoms. The van der Waals surface area contributed by atoms with Gasteiger partial charge in [-0.25, -0.2) is 4.98 Å². The molecule has 3 aromatic heterocycles. The molecule has 0 saturated carbocycles. The highest BCUT2D eigenvalue weighted by molar-refractivity contribution is 6.00. The van der Waals surface area contributed by atoms with E-state index in [0.717, 1.165) is 10.8 Å². The van der Waals surface area contributed by atoms with Gasteiger partial charge in [0.15, 0.2) is 5.96 Å². The van der Waals surface area contributed by atoms with Gasteiger partial charge in [-0.1, -0.05) is 78.9 Å². The van der Waals surface area contributed by atoms with E-state index in [1.165, 1.54) is 48.9 Å². The number of benzene rings is 4. The number of rotatable bonds is 38. The first-order valence-corrected chi connectivity index (χ1v) is 33.8. The van der Waals surface area contributed by atoms with Crippen LogP contribution in [0.1, 0.15) is 79.8 Å². The number of hydrogen-bond acceptors (Lipinski definition) is 17. The standard InChI is InChI=1S/C71H88N18O14/c1-41(91)81-54(31-43-19-22-45-12-2-3-13-46(45)29-43)64(97)83-53(17-9-27-77-71(73)74)63(96)84-55(32-44-11-8-26-75-35-44)65(98)88-59(39-90)68(101)86-57(34-48-37-76-40-80-48)67(100)82-52(16-6-7-25-72)62(95)85-56(33-47-36-78-51-15-5-4-14-50(47)51)66(99)87-58(30-42-20-23-49(92)24-21-42)70(103)89-28-10-18-60(89)69(102)79-38-61(93)94/h2-5,8,11-15,19-24,26,29,35-37,40,52-60,78,90,92H,6-7,9-10,16-18,25,27-28,30-34,38-39,72H2,1H3,(H,76,80)(H,79,102)(H,81,91)(H,82,100)(H,83,97)(H,84,96)(H,85,95)(H,86,101)(H,87,99)(H,88,98)(H,93,94)(H4,73,74,77)/t52-,53+,54-,55-,56+,57+,58+,59+,60+/m1/s1. The Kier molecular flexibility index (Phi) is 28.5. The predicted octanol–water partition coefficient (Wildman–Crippen LogP) is -0.867. The van der Waals surface area contributed by atoms with Crippen molar-refractivity contribution < 1.29 is 68.1 Å². The number of aliphatic hydroxyl groups is 1. The number of unbranched alkanes of at least 4 members (excludes halogenated alkanes) is 1. The van der Waals surface area contributed by atoms with Gasteiger partial charge in [-0.2, -0.15) is 0 Å². The number of carboxylic acid groups (broad SMARTS) is 1. The van der Waals surface area contributed by atoms with Crippen LogP contribution in [-0.4, -0.2) is 198 Å². The second kappa shape index (κ2) is 38.1. The highest BCUT2D eigenvalue weighted by Crippen LogP contribution is 2.24. The molecule has 32 heteroatoms. The molecule has 0 radical (unpaired) electrons. The highest BCUT2D eigenvalue weighted by Gasteiger charge is 2.40. The molecule has 103 heavy (non-hydrogen) atoms. The van der Waals surface area contributed by atoms with E-state index in [4.69, 9.17) is 16.9 Å². The molecule has 1 saturated heterocycles. The molecule has 1 aliphatic rings. The number of aromatic amines is 2. The largest absolute Gasteiger partial charge is 0.508 e. The number of likely N-dealkylation sites (tertiary alicyclic amines) is 1. The van der Waals surface area contributed by atoms with Gasteiger partial charge in [-0.15, -0.1) is 0 Å². The first-order valence-electron chi connectivity index (χ1n) is 33.8. The number of nitrogens with zero attached hydrogens (tertiary/aromatic N) is 3. The number of aromatic nitrogens is 4. The minimum absolute atomic E-state index is 0.0282. The number of aromatic hydroxyl groups is 1. The molecule has 0 bridgehead atoms. The van der Waals surface area contributed by atoms with Crippen molar-refractivity contribution in [3.8, 4) is 5.75 Å². The lowest BCUT2D eigenvalue weighted by Gasteiger charge is -2.30. The van der Waals surface area contributed by atoms with Crippen LogP contribution >= 0.6 is 0 Å². The number of H-pyrrole nitrogens is 2. The van der Waals surface area contributed by atoms with Gasteiger partial charge in [0.1, 0.15) is 66.7 Å². The Bertz CT molecular complexity index is 4100. The number of nitrogens with two attached hydrogens (primary N) is 2. The maximum atomic E-state index is 15.1. The molecule has 10 amide bonds. The number of hydrogen-bond donors (Lipinski definition) is 18. The Labute approximate surface area is 592 Å². The van der Waals surface area contributed by atoms with Crippen LogP contribution in [-0.2, 0) is 84.8 Å². The summed E-state index contributed by atoms with van der Waals surface area (Å²) >= 11 is 0. The minimum Gasteiger partial charge on any atom is -0.508 e. The number of carboxylic acids is 1. The van der Waals surface area contributed by atoms with Gasteiger partial charge in [0, 0.05) is 93.5 Å². The summed E-state index contributed by atoms with van der Waals surface area (Å²) in [6.07, 6.45) is 7.64. The molecule has 4 heterocycles. The summed E-state index contributed by atoms with van der Waals surface area (Å²) < 4.78 is 0. The summed E-state index contributed by atoms with van der Waals surface area (Å²) in [6, 6.07) is 16.5. The van der Waals surface area contributed by atoms with Crippen LogP contribution in [0.5, 0.6) is 5.75 Å². The molecule has 20 N–H and O–H groups in total. The topological polar surface area (TPSA) is 505 Å². The third-order valence-electron chi connectivity index (χ3n) is 17.3. The number of aliphatic hydroxyl groups excluding tert-OH is 1. The van der Waals surface area contributed by atoms with Gasteiger partial charge in [0.2, 0.25) is 59.1 Å². The van der Waals surface area contributed by atoms with Crippen LogP contribution < -0.4 is 64.6 Å². The van der Waals surface area contributed by atoms with E-state index in [1.807, 2.05) is 42.5 Å². The zero-order chi connectivity index (χ0) is 74.0. The monoisotopic (exact) mass is 1420 g/mol. The fraction of sp³-hybridized carbons (Fsp3) is 0.380. The quantitative estimate of drug-likeness (QED) is 0.0127. The minimum atomic E-state index is -1.82. The van der Waals surface area contributed by atoms with Crippen LogP contribution in [0.15, 0.2) is 134 Å². The molecule has 1 fully saturated rings. The number of pyridine rings is 1. The van der Waals surface area contributed by atoms with E-state index in [-0.39, 0.29) is 95.6 Å². The molecule has 32 nitrogen and oxygen atoms in total. The van der Waals surface area contributed by atoms with Crippen molar-refractivity contribution in [2.24, 2.45) is 11.5 Å². The van der Waals surface area contributed by atoms with Crippen LogP contribution in [0.3, 0.4) is 0 Å². The molecular weight excluding hydrogens is 1330 g/mol. The lowest BCUT2D eigenvalue weighted by Crippen LogP contribution is -2.61. The lowest BCUT2D eigenvalue weighted by atomic mass is 10.0. The van der Waals surface area contributed by atoms with E-state index in [2.05, 4.69) is 73.1 Å². The van der Waals surface area contributed by atoms with E-state index >= 15 is 9.59 Å². The number of guanidine groups is 1. The van der Waals surface area contributed by atoms with Gasteiger partial charge in [0.25, 0.3) is 0 Å². The molecule has 8 rings (SSSR count). The average Bonchev–Trinajstić information content (AvgIpc) is 1.79. The van der Waals surface area contributed by atoms with Crippen LogP contribution in [0, 0.1) is 5.41 Å². The first kappa shape index (κ1) is 76.9. The van der Waals surface area contributed by atoms with Gasteiger partial charge < -0.3 is 94.8 Å². The third-order valence-corrected chi connectivity index (χ3v) is 17.3. The Hall–Kier alpha value is -11.8. The van der Waals surface area contributed by atoms with Crippen molar-refractivity contribution >= 4 is 92.7 Å². The van der Waals surface area contributed by atoms with Gasteiger partial charge in [0.05, 0.1) is 12.9 Å². The number of phenolic OH excluding ortho intramolecular Hbond substituents is 1. The van der Waals surface area contributed by atoms with Gasteiger partial charge in [-0.05, 0) is 109 Å². The number of aliphatic carboxylic acids is 1. The van der Waals surface area contributed by atoms with E-state index in [1.54, 1.807) is 54.7 Å². The van der Waals surface area contributed by atoms with Crippen LogP contribution in [0.25, 0.3) is 21.7 Å². The average molecular weight is 1420 g/mol. The second-order valence-electron chi connectivity index (χ2n) is 25.1. The van der Waals surface area contributed by atoms with Crippen molar-refractivity contribution in [3.63, 3.8) is 0 Å². The number of carbonyl (C=O) groups is 11. The summed E-state index contributed by atoms with van der Waals surface area (Å²) in [5, 5.41) is 67.0. The Balaban J connectivity index is 1.02. The van der Waals surface area contributed by atoms with Crippen LogP contribution in [0.2, 0.25) is 0 Å². The fourth-order valence-corrected chi connectivity index (χ4v) is 12.1. The van der Waals surface area contributed by atoms with Crippen molar-refractivity contribution in [1.82, 2.24) is 78.0 Å². The summed E-state index contributed by atoms with van der Waals surface area (Å²) in [7, 11) is 0. The number of amides is 10. The maximum absolute atomic E-state index is 15.1. The van der Waals surface area contributed by atoms with Crippen molar-refractivity contribution in [2.45, 2.75) is 138 Å². The maximum Gasteiger partial charge on any atom is 0.322 e. The molecule has 546 valence electrons. The zero-order valence-electron chi connectivity index (χ0n) is 56.7. The Morgan fingerprint density at radius 1 is 0.592 bits per heavy atom. The fourth-order valence-electron chi connectivity index (χ4n) is 12.1. The Morgan fingerprint density at radius 2 is 1.17 bits per heavy atom. The van der Waals surface area contributed by atoms with Gasteiger partial charge >= 0.3 is 5.97 Å². The molecular formula is C71H88N18O14. The highest BCUT2D eigenvalue weighted by atomic mass is 16.4. The normalized spacial score (nSPS) is 14.9. The predicted molar refractivity (Wildman–Crippen MR) is 377 cm³/mol. The number of imidazole rings is 1. The van der Waals surface area contributed by atoms with Crippen molar-refractivity contribution in [3.05, 3.63) is 162 Å². The summed E-state index contributed by atoms with van der Waals surface area (Å²) in [5.41, 5.74) is 14.7. The van der Waals surface area contributed by atoms with Crippen LogP contribution in [0.4, 0.5) is 0 Å². The third kappa shape index (κ3) is 23.1. The Morgan fingerprint density at radius 3 is 1.80 bits per heavy atom. The number of nitrogens with one attached hydrogen (secondary N) is 13. The molecule has 4 aromatic carbocycles. The molecule has 9 atom stereocenters. The lowest BCUT2D eigenvalue weighted by molar-refractivity contribution is -0.143. The first-order chi connectivity index (χ1) is 49.5. The number of para-hydroxylation sites is 1. The number of fused-ring (bicyclic) bond motifs is 2. The molecule has 7 aromatic rings. The SMILES string of the molecule is CC(=O)N[C@H](Cc1ccc2ccccc2c1)C(=O)N[C@@H](CCCNC(=N)N)C(=O)N[C@H](Cc1cccnc1)C(=O)N[C@@H](CO)C(=O)N[C@@H](Cc1cnc[nH]1)C(=O)N[C@H](CCCCN)C(=O)N[C@@H](Cc1c[nH]c2ccccc12)C(=O)N[C@@H](Cc1ccc(O)cc1)C(=O)N1CCC[C@H]1C(=O)NCC(=O)O. The van der Waals surface area contributed by atoms with E-state index in [0.29, 0.717) is 51.7 Å². The van der Waals surface area contributed by atoms with Crippen molar-refractivity contribution in [1.29, 1.82) is 5.41 Å².